The summed E-state index contributed by atoms with van der Waals surface area (Å²) in [5.74, 6) is 0.593. The van der Waals surface area contributed by atoms with Crippen molar-refractivity contribution in [2.45, 2.75) is 33.2 Å². The van der Waals surface area contributed by atoms with Crippen LogP contribution >= 0.6 is 35.6 Å². The summed E-state index contributed by atoms with van der Waals surface area (Å²) in [7, 11) is 1.74. The number of carbonyl (C=O) groups excluding carboxylic acids is 1. The second kappa shape index (κ2) is 9.60. The zero-order valence-corrected chi connectivity index (χ0v) is 17.6. The van der Waals surface area contributed by atoms with E-state index in [1.54, 1.807) is 37.1 Å². The number of hydrogen-bond donors (Lipinski definition) is 1. The number of halogens is 3. The summed E-state index contributed by atoms with van der Waals surface area (Å²) >= 11 is 12.5. The molecular weight excluding hydrogens is 397 g/mol. The fourth-order valence-corrected chi connectivity index (χ4v) is 3.06. The molecule has 0 fully saturated rings. The Kier molecular flexibility index (Phi) is 8.41. The molecule has 8 heteroatoms. The van der Waals surface area contributed by atoms with Crippen LogP contribution in [0.25, 0.3) is 11.3 Å². The minimum Gasteiger partial charge on any atom is -0.360 e. The molecule has 1 amide bonds. The molecular formula is C18H24Cl3N3O2. The Morgan fingerprint density at radius 3 is 2.42 bits per heavy atom. The van der Waals surface area contributed by atoms with Gasteiger partial charge in [-0.25, -0.2) is 0 Å². The lowest BCUT2D eigenvalue weighted by Crippen LogP contribution is -2.35. The van der Waals surface area contributed by atoms with Crippen LogP contribution in [0.1, 0.15) is 36.4 Å². The number of rotatable bonds is 6. The van der Waals surface area contributed by atoms with E-state index in [-0.39, 0.29) is 24.4 Å². The Balaban J connectivity index is 0.00000338. The summed E-state index contributed by atoms with van der Waals surface area (Å²) in [5, 5.41) is 4.85. The van der Waals surface area contributed by atoms with E-state index in [2.05, 4.69) is 19.0 Å². The maximum Gasteiger partial charge on any atom is 0.259 e. The van der Waals surface area contributed by atoms with E-state index in [0.717, 1.165) is 0 Å². The number of aromatic nitrogens is 1. The van der Waals surface area contributed by atoms with Crippen molar-refractivity contribution in [1.29, 1.82) is 0 Å². The third-order valence-corrected chi connectivity index (χ3v) is 4.91. The smallest absolute Gasteiger partial charge is 0.259 e. The van der Waals surface area contributed by atoms with Crippen molar-refractivity contribution in [2.24, 2.45) is 11.7 Å². The fraction of sp³-hybridized carbons (Fsp3) is 0.444. The lowest BCUT2D eigenvalue weighted by molar-refractivity contribution is 0.0788. The highest BCUT2D eigenvalue weighted by atomic mass is 35.5. The number of nitrogens with zero attached hydrogens (tertiary/aromatic N) is 2. The molecule has 0 saturated heterocycles. The van der Waals surface area contributed by atoms with Gasteiger partial charge in [0.1, 0.15) is 17.0 Å². The summed E-state index contributed by atoms with van der Waals surface area (Å²) in [6.07, 6.45) is 0.715. The van der Waals surface area contributed by atoms with Crippen LogP contribution in [-0.4, -0.2) is 35.6 Å². The largest absolute Gasteiger partial charge is 0.360 e. The minimum absolute atomic E-state index is 0. The first-order valence-corrected chi connectivity index (χ1v) is 8.91. The SMILES string of the molecule is Cc1onc(-c2c(Cl)cccc2Cl)c1C(=O)N(C)CCC(N)C(C)C.Cl. The van der Waals surface area contributed by atoms with Gasteiger partial charge in [0.15, 0.2) is 0 Å². The van der Waals surface area contributed by atoms with E-state index in [0.29, 0.717) is 51.5 Å². The average Bonchev–Trinajstić information content (AvgIpc) is 2.92. The van der Waals surface area contributed by atoms with Crippen LogP contribution in [0.15, 0.2) is 22.7 Å². The maximum absolute atomic E-state index is 12.9. The van der Waals surface area contributed by atoms with Gasteiger partial charge >= 0.3 is 0 Å². The maximum atomic E-state index is 12.9. The normalized spacial score (nSPS) is 12.0. The zero-order chi connectivity index (χ0) is 18.7. The van der Waals surface area contributed by atoms with Gasteiger partial charge in [0.2, 0.25) is 0 Å². The number of amides is 1. The predicted molar refractivity (Wildman–Crippen MR) is 108 cm³/mol. The molecule has 2 N–H and O–H groups in total. The second-order valence-electron chi connectivity index (χ2n) is 6.48. The minimum atomic E-state index is -0.194. The van der Waals surface area contributed by atoms with Crippen molar-refractivity contribution in [3.05, 3.63) is 39.6 Å². The zero-order valence-electron chi connectivity index (χ0n) is 15.3. The van der Waals surface area contributed by atoms with Crippen LogP contribution < -0.4 is 5.73 Å². The number of carbonyl (C=O) groups is 1. The van der Waals surface area contributed by atoms with Crippen LogP contribution in [0.4, 0.5) is 0 Å². The van der Waals surface area contributed by atoms with Gasteiger partial charge in [-0.3, -0.25) is 4.79 Å². The van der Waals surface area contributed by atoms with E-state index in [1.165, 1.54) is 0 Å². The van der Waals surface area contributed by atoms with E-state index < -0.39 is 0 Å². The van der Waals surface area contributed by atoms with Crippen LogP contribution in [-0.2, 0) is 0 Å². The average molecular weight is 421 g/mol. The van der Waals surface area contributed by atoms with Gasteiger partial charge in [-0.05, 0) is 31.4 Å². The van der Waals surface area contributed by atoms with E-state index >= 15 is 0 Å². The molecule has 5 nitrogen and oxygen atoms in total. The van der Waals surface area contributed by atoms with Gasteiger partial charge in [-0.15, -0.1) is 12.4 Å². The van der Waals surface area contributed by atoms with Gasteiger partial charge in [0.05, 0.1) is 10.0 Å². The Morgan fingerprint density at radius 1 is 1.31 bits per heavy atom. The third kappa shape index (κ3) is 4.92. The van der Waals surface area contributed by atoms with Crippen LogP contribution in [0.5, 0.6) is 0 Å². The van der Waals surface area contributed by atoms with Gasteiger partial charge in [0, 0.05) is 25.2 Å². The lowest BCUT2D eigenvalue weighted by Gasteiger charge is -2.21. The van der Waals surface area contributed by atoms with Crippen molar-refractivity contribution in [3.63, 3.8) is 0 Å². The second-order valence-corrected chi connectivity index (χ2v) is 7.30. The van der Waals surface area contributed by atoms with Crippen molar-refractivity contribution in [2.75, 3.05) is 13.6 Å². The summed E-state index contributed by atoms with van der Waals surface area (Å²) in [5.41, 5.74) is 7.30. The topological polar surface area (TPSA) is 72.4 Å². The number of hydrogen-bond acceptors (Lipinski definition) is 4. The van der Waals surface area contributed by atoms with E-state index in [1.807, 2.05) is 0 Å². The highest BCUT2D eigenvalue weighted by Crippen LogP contribution is 2.37. The molecule has 1 aromatic heterocycles. The molecule has 0 aliphatic carbocycles. The van der Waals surface area contributed by atoms with Crippen molar-refractivity contribution in [1.82, 2.24) is 10.1 Å². The summed E-state index contributed by atoms with van der Waals surface area (Å²) < 4.78 is 5.26. The van der Waals surface area contributed by atoms with E-state index in [9.17, 15) is 4.79 Å². The van der Waals surface area contributed by atoms with Crippen molar-refractivity contribution < 1.29 is 9.32 Å². The molecule has 1 unspecified atom stereocenters. The predicted octanol–water partition coefficient (Wildman–Crippen LogP) is 4.82. The molecule has 1 atom stereocenters. The highest BCUT2D eigenvalue weighted by molar-refractivity contribution is 6.39. The molecule has 1 aromatic carbocycles. The van der Waals surface area contributed by atoms with Crippen molar-refractivity contribution >= 4 is 41.5 Å². The molecule has 144 valence electrons. The van der Waals surface area contributed by atoms with Crippen LogP contribution in [0.3, 0.4) is 0 Å². The molecule has 0 radical (unpaired) electrons. The molecule has 0 spiro atoms. The van der Waals surface area contributed by atoms with Gasteiger partial charge in [-0.2, -0.15) is 0 Å². The Labute approximate surface area is 170 Å². The van der Waals surface area contributed by atoms with Gasteiger partial charge in [-0.1, -0.05) is 48.3 Å². The first kappa shape index (κ1) is 22.8. The van der Waals surface area contributed by atoms with Gasteiger partial charge < -0.3 is 15.2 Å². The molecule has 0 aliphatic heterocycles. The summed E-state index contributed by atoms with van der Waals surface area (Å²) in [6.45, 7) is 6.36. The standard InChI is InChI=1S/C18H23Cl2N3O2.ClH/c1-10(2)14(21)8-9-23(4)18(24)15-11(3)25-22-17(15)16-12(19)6-5-7-13(16)20;/h5-7,10,14H,8-9,21H2,1-4H3;1H. The van der Waals surface area contributed by atoms with Crippen molar-refractivity contribution in [3.8, 4) is 11.3 Å². The fourth-order valence-electron chi connectivity index (χ4n) is 2.49. The van der Waals surface area contributed by atoms with Crippen LogP contribution in [0, 0.1) is 12.8 Å². The Bertz CT molecular complexity index is 742. The summed E-state index contributed by atoms with van der Waals surface area (Å²) in [6, 6.07) is 5.18. The Morgan fingerprint density at radius 2 is 1.88 bits per heavy atom. The van der Waals surface area contributed by atoms with Gasteiger partial charge in [0.25, 0.3) is 5.91 Å². The summed E-state index contributed by atoms with van der Waals surface area (Å²) in [4.78, 5) is 14.5. The third-order valence-electron chi connectivity index (χ3n) is 4.28. The first-order valence-electron chi connectivity index (χ1n) is 8.15. The molecule has 0 saturated carbocycles. The molecule has 0 bridgehead atoms. The monoisotopic (exact) mass is 419 g/mol. The Hall–Kier alpha value is -1.27. The van der Waals surface area contributed by atoms with E-state index in [4.69, 9.17) is 33.5 Å². The molecule has 0 aliphatic rings. The quantitative estimate of drug-likeness (QED) is 0.727. The van der Waals surface area contributed by atoms with Crippen LogP contribution in [0.2, 0.25) is 10.0 Å². The molecule has 26 heavy (non-hydrogen) atoms. The highest BCUT2D eigenvalue weighted by Gasteiger charge is 2.27. The molecule has 2 aromatic rings. The lowest BCUT2D eigenvalue weighted by atomic mass is 10.0. The first-order chi connectivity index (χ1) is 11.7. The number of nitrogens with two attached hydrogens (primary N) is 1. The molecule has 1 heterocycles. The number of benzene rings is 1. The molecule has 2 rings (SSSR count). The number of aryl methyl sites for hydroxylation is 1.